The standard InChI is InChI=1S/C20H25N3O3S/c1-26-12-11-22-19(24)14-27-18-10-6-5-9-16(18)20(25)23-13-17(21)15-7-3-2-4-8-15/h2-10,17H,11-14,21H2,1H3,(H,22,24)(H,23,25). The lowest BCUT2D eigenvalue weighted by atomic mass is 10.1. The molecule has 144 valence electrons. The molecule has 2 rings (SSSR count). The van der Waals surface area contributed by atoms with Crippen LogP contribution >= 0.6 is 11.8 Å². The van der Waals surface area contributed by atoms with Gasteiger partial charge in [0, 0.05) is 31.1 Å². The molecular formula is C20H25N3O3S. The van der Waals surface area contributed by atoms with Gasteiger partial charge in [0.15, 0.2) is 0 Å². The van der Waals surface area contributed by atoms with Crippen molar-refractivity contribution in [2.24, 2.45) is 5.73 Å². The fourth-order valence-electron chi connectivity index (χ4n) is 2.38. The summed E-state index contributed by atoms with van der Waals surface area (Å²) in [5, 5.41) is 5.63. The molecular weight excluding hydrogens is 362 g/mol. The second-order valence-corrected chi connectivity index (χ2v) is 6.87. The van der Waals surface area contributed by atoms with Crippen LogP contribution in [0.2, 0.25) is 0 Å². The zero-order valence-electron chi connectivity index (χ0n) is 15.3. The van der Waals surface area contributed by atoms with Gasteiger partial charge in [-0.3, -0.25) is 9.59 Å². The maximum atomic E-state index is 12.6. The third kappa shape index (κ3) is 7.05. The Bertz CT molecular complexity index is 740. The Morgan fingerprint density at radius 1 is 1.07 bits per heavy atom. The van der Waals surface area contributed by atoms with Crippen LogP contribution in [-0.4, -0.2) is 44.4 Å². The molecule has 0 saturated carbocycles. The number of methoxy groups -OCH3 is 1. The van der Waals surface area contributed by atoms with Crippen molar-refractivity contribution in [1.29, 1.82) is 0 Å². The molecule has 0 aliphatic rings. The summed E-state index contributed by atoms with van der Waals surface area (Å²) in [4.78, 5) is 25.2. The highest BCUT2D eigenvalue weighted by Crippen LogP contribution is 2.22. The van der Waals surface area contributed by atoms with Gasteiger partial charge in [-0.1, -0.05) is 42.5 Å². The van der Waals surface area contributed by atoms with Crippen LogP contribution in [0.15, 0.2) is 59.5 Å². The number of carbonyl (C=O) groups is 2. The van der Waals surface area contributed by atoms with Crippen LogP contribution < -0.4 is 16.4 Å². The lowest BCUT2D eigenvalue weighted by molar-refractivity contribution is -0.118. The largest absolute Gasteiger partial charge is 0.383 e. The second-order valence-electron chi connectivity index (χ2n) is 5.85. The Balaban J connectivity index is 1.90. The monoisotopic (exact) mass is 387 g/mol. The van der Waals surface area contributed by atoms with Crippen molar-refractivity contribution in [3.63, 3.8) is 0 Å². The maximum absolute atomic E-state index is 12.6. The summed E-state index contributed by atoms with van der Waals surface area (Å²) < 4.78 is 4.90. The number of rotatable bonds is 10. The highest BCUT2D eigenvalue weighted by atomic mass is 32.2. The summed E-state index contributed by atoms with van der Waals surface area (Å²) in [6, 6.07) is 16.6. The van der Waals surface area contributed by atoms with E-state index in [1.807, 2.05) is 42.5 Å². The minimum atomic E-state index is -0.276. The number of carbonyl (C=O) groups excluding carboxylic acids is 2. The van der Waals surface area contributed by atoms with Crippen LogP contribution in [0.25, 0.3) is 0 Å². The zero-order chi connectivity index (χ0) is 19.5. The average molecular weight is 388 g/mol. The van der Waals surface area contributed by atoms with Gasteiger partial charge in [-0.15, -0.1) is 11.8 Å². The molecule has 0 aliphatic carbocycles. The number of hydrogen-bond acceptors (Lipinski definition) is 5. The van der Waals surface area contributed by atoms with E-state index in [0.29, 0.717) is 25.3 Å². The first-order valence-corrected chi connectivity index (χ1v) is 9.66. The Labute approximate surface area is 163 Å². The van der Waals surface area contributed by atoms with Crippen molar-refractivity contribution < 1.29 is 14.3 Å². The number of ether oxygens (including phenoxy) is 1. The third-order valence-corrected chi connectivity index (χ3v) is 4.90. The fourth-order valence-corrected chi connectivity index (χ4v) is 3.26. The lowest BCUT2D eigenvalue weighted by Crippen LogP contribution is -2.32. The number of thioether (sulfide) groups is 1. The fraction of sp³-hybridized carbons (Fsp3) is 0.300. The van der Waals surface area contributed by atoms with Gasteiger partial charge >= 0.3 is 0 Å². The van der Waals surface area contributed by atoms with Crippen LogP contribution in [-0.2, 0) is 9.53 Å². The predicted molar refractivity (Wildman–Crippen MR) is 108 cm³/mol. The summed E-state index contributed by atoms with van der Waals surface area (Å²) in [6.07, 6.45) is 0. The average Bonchev–Trinajstić information content (AvgIpc) is 2.71. The molecule has 1 unspecified atom stereocenters. The van der Waals surface area contributed by atoms with E-state index in [2.05, 4.69) is 10.6 Å². The van der Waals surface area contributed by atoms with Crippen LogP contribution in [0.3, 0.4) is 0 Å². The molecule has 2 aromatic carbocycles. The number of amides is 2. The molecule has 2 aromatic rings. The molecule has 0 aliphatic heterocycles. The van der Waals surface area contributed by atoms with Gasteiger partial charge in [0.2, 0.25) is 5.91 Å². The molecule has 2 amide bonds. The van der Waals surface area contributed by atoms with Gasteiger partial charge in [0.25, 0.3) is 5.91 Å². The van der Waals surface area contributed by atoms with E-state index in [9.17, 15) is 9.59 Å². The first-order valence-electron chi connectivity index (χ1n) is 8.68. The smallest absolute Gasteiger partial charge is 0.252 e. The van der Waals surface area contributed by atoms with E-state index >= 15 is 0 Å². The quantitative estimate of drug-likeness (QED) is 0.428. The van der Waals surface area contributed by atoms with Gasteiger partial charge in [-0.05, 0) is 17.7 Å². The molecule has 0 spiro atoms. The highest BCUT2D eigenvalue weighted by molar-refractivity contribution is 8.00. The van der Waals surface area contributed by atoms with Crippen molar-refractivity contribution >= 4 is 23.6 Å². The molecule has 0 aromatic heterocycles. The van der Waals surface area contributed by atoms with Crippen LogP contribution in [0.1, 0.15) is 22.0 Å². The van der Waals surface area contributed by atoms with Crippen molar-refractivity contribution in [2.45, 2.75) is 10.9 Å². The molecule has 0 fully saturated rings. The Morgan fingerprint density at radius 2 is 1.78 bits per heavy atom. The molecule has 0 heterocycles. The lowest BCUT2D eigenvalue weighted by Gasteiger charge is -2.14. The molecule has 0 radical (unpaired) electrons. The summed E-state index contributed by atoms with van der Waals surface area (Å²) in [5.74, 6) is -0.0694. The molecule has 1 atom stereocenters. The van der Waals surface area contributed by atoms with Gasteiger partial charge in [0.05, 0.1) is 17.9 Å². The summed E-state index contributed by atoms with van der Waals surface area (Å²) >= 11 is 1.33. The predicted octanol–water partition coefficient (Wildman–Crippen LogP) is 1.97. The highest BCUT2D eigenvalue weighted by Gasteiger charge is 2.14. The van der Waals surface area contributed by atoms with Gasteiger partial charge in [-0.2, -0.15) is 0 Å². The van der Waals surface area contributed by atoms with E-state index < -0.39 is 0 Å². The summed E-state index contributed by atoms with van der Waals surface area (Å²) in [5.41, 5.74) is 7.63. The Kier molecular flexibility index (Phi) is 8.83. The van der Waals surface area contributed by atoms with Crippen molar-refractivity contribution in [1.82, 2.24) is 10.6 Å². The van der Waals surface area contributed by atoms with Crippen molar-refractivity contribution in [3.8, 4) is 0 Å². The van der Waals surface area contributed by atoms with E-state index in [1.165, 1.54) is 11.8 Å². The molecule has 6 nitrogen and oxygen atoms in total. The van der Waals surface area contributed by atoms with Gasteiger partial charge < -0.3 is 21.1 Å². The molecule has 0 saturated heterocycles. The number of benzene rings is 2. The number of nitrogens with two attached hydrogens (primary N) is 1. The van der Waals surface area contributed by atoms with Crippen LogP contribution in [0.4, 0.5) is 0 Å². The second kappa shape index (κ2) is 11.4. The summed E-state index contributed by atoms with van der Waals surface area (Å²) in [7, 11) is 1.58. The maximum Gasteiger partial charge on any atom is 0.252 e. The number of nitrogens with one attached hydrogen (secondary N) is 2. The minimum absolute atomic E-state index is 0.0987. The van der Waals surface area contributed by atoms with E-state index in [-0.39, 0.29) is 23.6 Å². The third-order valence-electron chi connectivity index (χ3n) is 3.83. The first kappa shape index (κ1) is 21.0. The summed E-state index contributed by atoms with van der Waals surface area (Å²) in [6.45, 7) is 1.27. The zero-order valence-corrected chi connectivity index (χ0v) is 16.1. The molecule has 27 heavy (non-hydrogen) atoms. The first-order chi connectivity index (χ1) is 13.1. The van der Waals surface area contributed by atoms with Crippen LogP contribution in [0, 0.1) is 0 Å². The molecule has 7 heteroatoms. The topological polar surface area (TPSA) is 93.4 Å². The normalized spacial score (nSPS) is 11.6. The van der Waals surface area contributed by atoms with Crippen molar-refractivity contribution in [3.05, 3.63) is 65.7 Å². The van der Waals surface area contributed by atoms with Gasteiger partial charge in [-0.25, -0.2) is 0 Å². The van der Waals surface area contributed by atoms with E-state index in [1.54, 1.807) is 19.2 Å². The van der Waals surface area contributed by atoms with Crippen LogP contribution in [0.5, 0.6) is 0 Å². The SMILES string of the molecule is COCCNC(=O)CSc1ccccc1C(=O)NCC(N)c1ccccc1. The van der Waals surface area contributed by atoms with E-state index in [4.69, 9.17) is 10.5 Å². The minimum Gasteiger partial charge on any atom is -0.383 e. The van der Waals surface area contributed by atoms with Gasteiger partial charge in [0.1, 0.15) is 0 Å². The number of hydrogen-bond donors (Lipinski definition) is 3. The van der Waals surface area contributed by atoms with Crippen molar-refractivity contribution in [2.75, 3.05) is 32.6 Å². The molecule has 4 N–H and O–H groups in total. The van der Waals surface area contributed by atoms with E-state index in [0.717, 1.165) is 10.5 Å². The Hall–Kier alpha value is -2.35. The molecule has 0 bridgehead atoms. The Morgan fingerprint density at radius 3 is 2.52 bits per heavy atom.